The van der Waals surface area contributed by atoms with Crippen molar-refractivity contribution in [2.45, 2.75) is 20.0 Å². The van der Waals surface area contributed by atoms with Crippen molar-refractivity contribution in [2.75, 3.05) is 5.32 Å². The third kappa shape index (κ3) is 4.13. The van der Waals surface area contributed by atoms with Crippen molar-refractivity contribution in [3.05, 3.63) is 65.0 Å². The largest absolute Gasteiger partial charge is 0.449 e. The van der Waals surface area contributed by atoms with Gasteiger partial charge in [0.15, 0.2) is 6.10 Å². The van der Waals surface area contributed by atoms with Gasteiger partial charge in [-0.1, -0.05) is 6.07 Å². The van der Waals surface area contributed by atoms with Gasteiger partial charge in [0, 0.05) is 6.07 Å². The molecule has 0 bridgehead atoms. The van der Waals surface area contributed by atoms with Crippen LogP contribution in [-0.2, 0) is 9.53 Å². The minimum Gasteiger partial charge on any atom is -0.449 e. The Bertz CT molecular complexity index is 793. The minimum absolute atomic E-state index is 0.0503. The lowest BCUT2D eigenvalue weighted by Gasteiger charge is -2.14. The third-order valence-corrected chi connectivity index (χ3v) is 3.25. The molecule has 7 heteroatoms. The standard InChI is InChI=1S/C17H14F3NO3/c1-9-3-4-11(7-13(9)19)17(23)24-10(2)16(22)21-15-6-5-12(18)8-14(15)20/h3-8,10H,1-2H3,(H,21,22)/t10-/m0/s1. The van der Waals surface area contributed by atoms with E-state index in [1.165, 1.54) is 26.0 Å². The van der Waals surface area contributed by atoms with Crippen molar-refractivity contribution < 1.29 is 27.5 Å². The van der Waals surface area contributed by atoms with Crippen LogP contribution >= 0.6 is 0 Å². The maximum Gasteiger partial charge on any atom is 0.339 e. The second-order valence-electron chi connectivity index (χ2n) is 5.12. The van der Waals surface area contributed by atoms with Gasteiger partial charge in [0.05, 0.1) is 11.3 Å². The molecule has 2 aromatic carbocycles. The Morgan fingerprint density at radius 2 is 1.75 bits per heavy atom. The first kappa shape index (κ1) is 17.5. The van der Waals surface area contributed by atoms with Crippen molar-refractivity contribution in [1.29, 1.82) is 0 Å². The molecule has 0 heterocycles. The highest BCUT2D eigenvalue weighted by Gasteiger charge is 2.20. The summed E-state index contributed by atoms with van der Waals surface area (Å²) in [5.41, 5.74) is 0.0699. The highest BCUT2D eigenvalue weighted by molar-refractivity contribution is 5.97. The number of esters is 1. The first-order valence-electron chi connectivity index (χ1n) is 7.01. The zero-order chi connectivity index (χ0) is 17.9. The van der Waals surface area contributed by atoms with Gasteiger partial charge < -0.3 is 10.1 Å². The normalized spacial score (nSPS) is 11.7. The molecule has 0 aliphatic rings. The number of nitrogens with one attached hydrogen (secondary N) is 1. The van der Waals surface area contributed by atoms with Crippen molar-refractivity contribution in [1.82, 2.24) is 0 Å². The summed E-state index contributed by atoms with van der Waals surface area (Å²) in [7, 11) is 0. The second-order valence-corrected chi connectivity index (χ2v) is 5.12. The SMILES string of the molecule is Cc1ccc(C(=O)O[C@@H](C)C(=O)Nc2ccc(F)cc2F)cc1F. The van der Waals surface area contributed by atoms with E-state index in [0.717, 1.165) is 18.2 Å². The molecule has 24 heavy (non-hydrogen) atoms. The number of ether oxygens (including phenoxy) is 1. The number of carbonyl (C=O) groups is 2. The average Bonchev–Trinajstić information content (AvgIpc) is 2.52. The third-order valence-electron chi connectivity index (χ3n) is 3.25. The predicted molar refractivity (Wildman–Crippen MR) is 81.0 cm³/mol. The molecule has 4 nitrogen and oxygen atoms in total. The van der Waals surface area contributed by atoms with E-state index in [-0.39, 0.29) is 11.3 Å². The maximum absolute atomic E-state index is 13.5. The summed E-state index contributed by atoms with van der Waals surface area (Å²) in [6.45, 7) is 2.82. The van der Waals surface area contributed by atoms with Crippen molar-refractivity contribution in [3.63, 3.8) is 0 Å². The smallest absolute Gasteiger partial charge is 0.339 e. The van der Waals surface area contributed by atoms with E-state index < -0.39 is 35.4 Å². The van der Waals surface area contributed by atoms with Crippen LogP contribution in [0.3, 0.4) is 0 Å². The summed E-state index contributed by atoms with van der Waals surface area (Å²) in [5, 5.41) is 2.18. The second kappa shape index (κ2) is 7.16. The Hall–Kier alpha value is -2.83. The van der Waals surface area contributed by atoms with Crippen LogP contribution in [0.15, 0.2) is 36.4 Å². The predicted octanol–water partition coefficient (Wildman–Crippen LogP) is 3.60. The molecule has 2 aromatic rings. The number of halogens is 3. The summed E-state index contributed by atoms with van der Waals surface area (Å²) in [5.74, 6) is -4.01. The highest BCUT2D eigenvalue weighted by atomic mass is 19.1. The fourth-order valence-electron chi connectivity index (χ4n) is 1.83. The summed E-state index contributed by atoms with van der Waals surface area (Å²) >= 11 is 0. The molecule has 0 saturated carbocycles. The van der Waals surface area contributed by atoms with Crippen LogP contribution in [0.5, 0.6) is 0 Å². The number of anilines is 1. The molecule has 126 valence electrons. The van der Waals surface area contributed by atoms with Gasteiger partial charge in [-0.15, -0.1) is 0 Å². The summed E-state index contributed by atoms with van der Waals surface area (Å²) in [6, 6.07) is 6.41. The van der Waals surface area contributed by atoms with Crippen LogP contribution in [0.2, 0.25) is 0 Å². The average molecular weight is 337 g/mol. The zero-order valence-corrected chi connectivity index (χ0v) is 12.9. The Kier molecular flexibility index (Phi) is 5.23. The van der Waals surface area contributed by atoms with Gasteiger partial charge in [-0.25, -0.2) is 18.0 Å². The first-order chi connectivity index (χ1) is 11.3. The molecule has 0 aliphatic carbocycles. The van der Waals surface area contributed by atoms with E-state index in [1.54, 1.807) is 0 Å². The maximum atomic E-state index is 13.5. The molecule has 0 aromatic heterocycles. The van der Waals surface area contributed by atoms with Crippen LogP contribution in [0.1, 0.15) is 22.8 Å². The van der Waals surface area contributed by atoms with Gasteiger partial charge >= 0.3 is 5.97 Å². The number of aryl methyl sites for hydroxylation is 1. The van der Waals surface area contributed by atoms with E-state index in [4.69, 9.17) is 4.74 Å². The summed E-state index contributed by atoms with van der Waals surface area (Å²) in [6.07, 6.45) is -1.26. The molecule has 1 N–H and O–H groups in total. The number of benzene rings is 2. The van der Waals surface area contributed by atoms with Gasteiger partial charge in [-0.3, -0.25) is 4.79 Å². The molecule has 1 atom stereocenters. The first-order valence-corrected chi connectivity index (χ1v) is 7.01. The van der Waals surface area contributed by atoms with Gasteiger partial charge in [0.1, 0.15) is 17.5 Å². The Balaban J connectivity index is 2.02. The topological polar surface area (TPSA) is 55.4 Å². The number of hydrogen-bond acceptors (Lipinski definition) is 3. The Morgan fingerprint density at radius 1 is 1.04 bits per heavy atom. The van der Waals surface area contributed by atoms with Gasteiger partial charge in [0.25, 0.3) is 5.91 Å². The lowest BCUT2D eigenvalue weighted by molar-refractivity contribution is -0.123. The summed E-state index contributed by atoms with van der Waals surface area (Å²) in [4.78, 5) is 23.8. The van der Waals surface area contributed by atoms with Crippen LogP contribution in [0.4, 0.5) is 18.9 Å². The van der Waals surface area contributed by atoms with Gasteiger partial charge in [0.2, 0.25) is 0 Å². The highest BCUT2D eigenvalue weighted by Crippen LogP contribution is 2.16. The van der Waals surface area contributed by atoms with Crippen LogP contribution < -0.4 is 5.32 Å². The molecular formula is C17H14F3NO3. The molecular weight excluding hydrogens is 323 g/mol. The van der Waals surface area contributed by atoms with Crippen molar-refractivity contribution in [2.24, 2.45) is 0 Å². The molecule has 0 saturated heterocycles. The molecule has 2 rings (SSSR count). The molecule has 0 radical (unpaired) electrons. The minimum atomic E-state index is -1.26. The number of hydrogen-bond donors (Lipinski definition) is 1. The Labute approximate surface area is 136 Å². The van der Waals surface area contributed by atoms with E-state index in [0.29, 0.717) is 11.6 Å². The molecule has 0 fully saturated rings. The molecule has 0 aliphatic heterocycles. The van der Waals surface area contributed by atoms with Crippen LogP contribution in [0.25, 0.3) is 0 Å². The fourth-order valence-corrected chi connectivity index (χ4v) is 1.83. The van der Waals surface area contributed by atoms with Crippen LogP contribution in [-0.4, -0.2) is 18.0 Å². The van der Waals surface area contributed by atoms with E-state index in [2.05, 4.69) is 5.32 Å². The zero-order valence-electron chi connectivity index (χ0n) is 12.9. The van der Waals surface area contributed by atoms with E-state index >= 15 is 0 Å². The molecule has 0 spiro atoms. The molecule has 1 amide bonds. The van der Waals surface area contributed by atoms with Crippen molar-refractivity contribution >= 4 is 17.6 Å². The van der Waals surface area contributed by atoms with E-state index in [9.17, 15) is 22.8 Å². The van der Waals surface area contributed by atoms with Crippen molar-refractivity contribution in [3.8, 4) is 0 Å². The lowest BCUT2D eigenvalue weighted by atomic mass is 10.1. The van der Waals surface area contributed by atoms with Gasteiger partial charge in [-0.05, 0) is 43.7 Å². The lowest BCUT2D eigenvalue weighted by Crippen LogP contribution is -2.30. The number of amides is 1. The molecule has 0 unspecified atom stereocenters. The quantitative estimate of drug-likeness (QED) is 0.868. The fraction of sp³-hybridized carbons (Fsp3) is 0.176. The van der Waals surface area contributed by atoms with E-state index in [1.807, 2.05) is 0 Å². The monoisotopic (exact) mass is 337 g/mol. The Morgan fingerprint density at radius 3 is 2.38 bits per heavy atom. The van der Waals surface area contributed by atoms with Gasteiger partial charge in [-0.2, -0.15) is 0 Å². The van der Waals surface area contributed by atoms with Crippen LogP contribution in [0, 0.1) is 24.4 Å². The number of rotatable bonds is 4. The number of carbonyl (C=O) groups excluding carboxylic acids is 2. The summed E-state index contributed by atoms with van der Waals surface area (Å²) < 4.78 is 44.6.